The van der Waals surface area contributed by atoms with Crippen LogP contribution in [-0.2, 0) is 0 Å². The van der Waals surface area contributed by atoms with E-state index in [4.69, 9.17) is 0 Å². The largest absolute Gasteiger partial charge is 0.345 e. The highest BCUT2D eigenvalue weighted by Gasteiger charge is 2.36. The maximum absolute atomic E-state index is 10.8. The van der Waals surface area contributed by atoms with Gasteiger partial charge < -0.3 is 0 Å². The van der Waals surface area contributed by atoms with Gasteiger partial charge in [0, 0.05) is 23.8 Å². The zero-order valence-corrected chi connectivity index (χ0v) is 14.5. The molecule has 3 N–H and O–H groups in total. The van der Waals surface area contributed by atoms with Crippen molar-refractivity contribution in [3.63, 3.8) is 0 Å². The molecule has 0 saturated heterocycles. The van der Waals surface area contributed by atoms with E-state index in [2.05, 4.69) is 0 Å². The summed E-state index contributed by atoms with van der Waals surface area (Å²) in [6.07, 6.45) is 0. The minimum atomic E-state index is -3.19. The van der Waals surface area contributed by atoms with Crippen molar-refractivity contribution in [1.82, 2.24) is 0 Å². The van der Waals surface area contributed by atoms with Crippen LogP contribution in [-0.4, -0.2) is 14.3 Å². The van der Waals surface area contributed by atoms with Crippen LogP contribution >= 0.6 is 10.6 Å². The van der Waals surface area contributed by atoms with Crippen LogP contribution in [0.2, 0.25) is 0 Å². The monoisotopic (exact) mass is 322 g/mol. The fourth-order valence-corrected chi connectivity index (χ4v) is 4.36. The first-order valence-electron chi connectivity index (χ1n) is 7.21. The molecule has 2 aromatic rings. The van der Waals surface area contributed by atoms with Crippen molar-refractivity contribution < 1.29 is 19.0 Å². The highest BCUT2D eigenvalue weighted by Crippen LogP contribution is 2.59. The van der Waals surface area contributed by atoms with Gasteiger partial charge in [-0.1, -0.05) is 23.8 Å². The zero-order chi connectivity index (χ0) is 16.7. The van der Waals surface area contributed by atoms with E-state index in [1.807, 2.05) is 39.0 Å². The van der Waals surface area contributed by atoms with Crippen LogP contribution in [0.1, 0.15) is 40.1 Å². The molecule has 0 aliphatic rings. The molecule has 0 amide bonds. The Bertz CT molecular complexity index is 713. The van der Waals surface area contributed by atoms with E-state index in [0.29, 0.717) is 5.69 Å². The van der Waals surface area contributed by atoms with Crippen molar-refractivity contribution >= 4 is 10.6 Å². The molecule has 1 heterocycles. The van der Waals surface area contributed by atoms with Gasteiger partial charge in [0.1, 0.15) is 0 Å². The Kier molecular flexibility index (Phi) is 4.52. The lowest BCUT2D eigenvalue weighted by Crippen LogP contribution is -2.39. The highest BCUT2D eigenvalue weighted by atomic mass is 32.3. The van der Waals surface area contributed by atoms with Crippen molar-refractivity contribution in [3.05, 3.63) is 58.3 Å². The molecule has 5 heteroatoms. The van der Waals surface area contributed by atoms with Gasteiger partial charge in [0.25, 0.3) is 0 Å². The second kappa shape index (κ2) is 5.91. The van der Waals surface area contributed by atoms with E-state index in [-0.39, 0.29) is 5.03 Å². The molecule has 2 rings (SSSR count). The van der Waals surface area contributed by atoms with Gasteiger partial charge in [-0.25, -0.2) is 0 Å². The van der Waals surface area contributed by atoms with Crippen LogP contribution in [0.5, 0.6) is 0 Å². The number of aryl methyl sites for hydroxylation is 4. The van der Waals surface area contributed by atoms with Crippen molar-refractivity contribution in [2.45, 2.75) is 44.9 Å². The van der Waals surface area contributed by atoms with Crippen molar-refractivity contribution in [2.24, 2.45) is 0 Å². The number of hydrogen-bond donors (Lipinski definition) is 3. The summed E-state index contributed by atoms with van der Waals surface area (Å²) in [4.78, 5) is 0. The Labute approximate surface area is 133 Å². The van der Waals surface area contributed by atoms with Gasteiger partial charge in [-0.05, 0) is 44.4 Å². The molecule has 0 bridgehead atoms. The summed E-state index contributed by atoms with van der Waals surface area (Å²) >= 11 is 0. The quantitative estimate of drug-likeness (QED) is 0.582. The number of aromatic nitrogens is 1. The van der Waals surface area contributed by atoms with E-state index in [1.54, 1.807) is 26.0 Å². The van der Waals surface area contributed by atoms with E-state index >= 15 is 0 Å². The van der Waals surface area contributed by atoms with E-state index in [1.165, 1.54) is 0 Å². The summed E-state index contributed by atoms with van der Waals surface area (Å²) in [7, 11) is -3.19. The van der Waals surface area contributed by atoms with Crippen LogP contribution in [0.3, 0.4) is 0 Å². The normalized spacial score (nSPS) is 14.0. The van der Waals surface area contributed by atoms with E-state index < -0.39 is 15.8 Å². The molecule has 1 unspecified atom stereocenters. The number of hydrogen-bond acceptors (Lipinski definition) is 3. The minimum Gasteiger partial charge on any atom is -0.290 e. The fourth-order valence-electron chi connectivity index (χ4n) is 2.63. The first kappa shape index (κ1) is 16.8. The van der Waals surface area contributed by atoms with Crippen LogP contribution in [0, 0.1) is 27.7 Å². The summed E-state index contributed by atoms with van der Waals surface area (Å²) in [6.45, 7) is 9.32. The molecular weight excluding hydrogens is 298 g/mol. The lowest BCUT2D eigenvalue weighted by atomic mass is 10.0. The molecule has 22 heavy (non-hydrogen) atoms. The lowest BCUT2D eigenvalue weighted by molar-refractivity contribution is -0.937. The second-order valence-electron chi connectivity index (χ2n) is 5.92. The van der Waals surface area contributed by atoms with E-state index in [9.17, 15) is 14.3 Å². The Morgan fingerprint density at radius 3 is 2.23 bits per heavy atom. The number of nitrogens with zero attached hydrogens (tertiary/aromatic N) is 1. The summed E-state index contributed by atoms with van der Waals surface area (Å²) < 4.78 is 22.5. The fraction of sp³-hybridized carbons (Fsp3) is 0.353. The van der Waals surface area contributed by atoms with Crippen LogP contribution in [0.15, 0.2) is 35.4 Å². The molecule has 1 aromatic carbocycles. The van der Waals surface area contributed by atoms with Gasteiger partial charge in [0.15, 0.2) is 0 Å². The Hall–Kier alpha value is -1.56. The molecule has 120 valence electrons. The maximum Gasteiger partial charge on any atom is 0.345 e. The standard InChI is InChI=1S/C17H23NO3S/c1-11-6-7-13(3)16(9-11)15(5)22(20,21)17-10-12(2)8-14(4)18(17)19/h6-10,15H,1-5H3,(H2-,19,20,21)/p+1. The summed E-state index contributed by atoms with van der Waals surface area (Å²) in [5, 5.41) is 9.84. The maximum atomic E-state index is 10.8. The predicted molar refractivity (Wildman–Crippen MR) is 88.7 cm³/mol. The van der Waals surface area contributed by atoms with Crippen molar-refractivity contribution in [3.8, 4) is 0 Å². The average Bonchev–Trinajstić information content (AvgIpc) is 2.44. The molecule has 1 aromatic heterocycles. The predicted octanol–water partition coefficient (Wildman–Crippen LogP) is 4.32. The van der Waals surface area contributed by atoms with Crippen LogP contribution in [0.25, 0.3) is 0 Å². The van der Waals surface area contributed by atoms with Gasteiger partial charge in [-0.2, -0.15) is 0 Å². The first-order valence-corrected chi connectivity index (χ1v) is 8.82. The zero-order valence-electron chi connectivity index (χ0n) is 13.7. The number of pyridine rings is 1. The van der Waals surface area contributed by atoms with Crippen molar-refractivity contribution in [1.29, 1.82) is 0 Å². The molecule has 4 nitrogen and oxygen atoms in total. The third-order valence-electron chi connectivity index (χ3n) is 4.00. The Morgan fingerprint density at radius 1 is 0.955 bits per heavy atom. The third-order valence-corrected chi connectivity index (χ3v) is 6.15. The van der Waals surface area contributed by atoms with Gasteiger partial charge in [-0.3, -0.25) is 14.3 Å². The molecular formula is C17H24NO3S+. The third kappa shape index (κ3) is 2.97. The Morgan fingerprint density at radius 2 is 1.59 bits per heavy atom. The molecule has 1 atom stereocenters. The molecule has 0 radical (unpaired) electrons. The molecule has 0 saturated carbocycles. The van der Waals surface area contributed by atoms with Gasteiger partial charge in [-0.15, -0.1) is 10.6 Å². The highest BCUT2D eigenvalue weighted by molar-refractivity contribution is 8.24. The van der Waals surface area contributed by atoms with Crippen LogP contribution < -0.4 is 4.73 Å². The van der Waals surface area contributed by atoms with Gasteiger partial charge >= 0.3 is 5.03 Å². The molecule has 0 spiro atoms. The second-order valence-corrected chi connectivity index (χ2v) is 8.23. The summed E-state index contributed by atoms with van der Waals surface area (Å²) in [6, 6.07) is 9.37. The molecule has 0 fully saturated rings. The summed E-state index contributed by atoms with van der Waals surface area (Å²) in [5.74, 6) is 0. The first-order chi connectivity index (χ1) is 10.1. The lowest BCUT2D eigenvalue weighted by Gasteiger charge is -2.35. The SMILES string of the molecule is Cc1ccc(C)c(C(C)S(O)(O)c2cc(C)cc(C)[n+]2O)c1. The Balaban J connectivity index is 2.56. The number of benzene rings is 1. The minimum absolute atomic E-state index is 0.151. The molecule has 0 aliphatic carbocycles. The van der Waals surface area contributed by atoms with Gasteiger partial charge in [0.05, 0.1) is 5.25 Å². The van der Waals surface area contributed by atoms with Gasteiger partial charge in [0.2, 0.25) is 5.69 Å². The van der Waals surface area contributed by atoms with Crippen LogP contribution in [0.4, 0.5) is 0 Å². The topological polar surface area (TPSA) is 64.6 Å². The average molecular weight is 322 g/mol. The van der Waals surface area contributed by atoms with E-state index in [0.717, 1.165) is 27.0 Å². The molecule has 0 aliphatic heterocycles. The number of rotatable bonds is 3. The smallest absolute Gasteiger partial charge is 0.290 e. The van der Waals surface area contributed by atoms with Crippen molar-refractivity contribution in [2.75, 3.05) is 0 Å². The summed E-state index contributed by atoms with van der Waals surface area (Å²) in [5.41, 5.74) is 4.42.